The van der Waals surface area contributed by atoms with Crippen LogP contribution in [0.2, 0.25) is 0 Å². The first-order valence-corrected chi connectivity index (χ1v) is 7.88. The fourth-order valence-electron chi connectivity index (χ4n) is 3.35. The topological polar surface area (TPSA) is 22.6 Å². The summed E-state index contributed by atoms with van der Waals surface area (Å²) in [6.45, 7) is 3.91. The van der Waals surface area contributed by atoms with Gasteiger partial charge in [0.1, 0.15) is 12.7 Å². The second kappa shape index (κ2) is 5.93. The molecule has 0 N–H and O–H groups in total. The van der Waals surface area contributed by atoms with Gasteiger partial charge in [-0.25, -0.2) is 4.98 Å². The minimum Gasteiger partial charge on any atom is -0.338 e. The second-order valence-corrected chi connectivity index (χ2v) is 6.57. The van der Waals surface area contributed by atoms with Crippen molar-refractivity contribution >= 4 is 11.5 Å². The van der Waals surface area contributed by atoms with Crippen LogP contribution in [-0.4, -0.2) is 54.4 Å². The summed E-state index contributed by atoms with van der Waals surface area (Å²) >= 11 is 0. The molecule has 0 amide bonds. The van der Waals surface area contributed by atoms with Crippen molar-refractivity contribution in [2.45, 2.75) is 38.4 Å². The number of hydrogen-bond donors (Lipinski definition) is 0. The highest BCUT2D eigenvalue weighted by Gasteiger charge is 2.46. The van der Waals surface area contributed by atoms with E-state index in [2.05, 4.69) is 4.98 Å². The molecule has 1 fully saturated rings. The Morgan fingerprint density at radius 3 is 2.40 bits per heavy atom. The van der Waals surface area contributed by atoms with Crippen LogP contribution in [0.15, 0.2) is 12.3 Å². The summed E-state index contributed by atoms with van der Waals surface area (Å²) in [5, 5.41) is 0. The molecule has 1 atom stereocenters. The molecule has 2 aliphatic heterocycles. The van der Waals surface area contributed by atoms with Crippen LogP contribution in [0.3, 0.4) is 0 Å². The van der Waals surface area contributed by atoms with Crippen molar-refractivity contribution < 1.29 is 26.3 Å². The maximum atomic E-state index is 13.0. The van der Waals surface area contributed by atoms with E-state index in [4.69, 9.17) is 0 Å². The van der Waals surface area contributed by atoms with Crippen LogP contribution in [-0.2, 0) is 6.18 Å². The molecule has 140 valence electrons. The zero-order valence-corrected chi connectivity index (χ0v) is 13.7. The zero-order chi connectivity index (χ0) is 18.6. The number of piperazine rings is 1. The average molecular weight is 368 g/mol. The first kappa shape index (κ1) is 18.1. The minimum atomic E-state index is -4.65. The standard InChI is InChI=1S/C15H18F6N4/c1-9(2)23-3-4-24-12(7-23)25(8-14(16,17)18)11-5-10(15(19,20)21)6-22-13(11)24/h5-6,9,12H,3-4,7-8H2,1-2H3. The molecule has 1 unspecified atom stereocenters. The number of pyridine rings is 1. The van der Waals surface area contributed by atoms with Gasteiger partial charge in [-0.05, 0) is 19.9 Å². The van der Waals surface area contributed by atoms with Crippen LogP contribution in [0.1, 0.15) is 19.4 Å². The number of rotatable bonds is 2. The number of nitrogens with zero attached hydrogens (tertiary/aromatic N) is 4. The molecule has 25 heavy (non-hydrogen) atoms. The highest BCUT2D eigenvalue weighted by molar-refractivity contribution is 5.75. The molecule has 0 spiro atoms. The van der Waals surface area contributed by atoms with E-state index >= 15 is 0 Å². The highest BCUT2D eigenvalue weighted by Crippen LogP contribution is 2.43. The van der Waals surface area contributed by atoms with Gasteiger partial charge in [0.2, 0.25) is 0 Å². The molecular formula is C15H18F6N4. The Morgan fingerprint density at radius 2 is 1.84 bits per heavy atom. The number of anilines is 2. The smallest absolute Gasteiger partial charge is 0.338 e. The largest absolute Gasteiger partial charge is 0.417 e. The lowest BCUT2D eigenvalue weighted by atomic mass is 10.2. The van der Waals surface area contributed by atoms with Crippen LogP contribution in [0.5, 0.6) is 0 Å². The van der Waals surface area contributed by atoms with Gasteiger partial charge in [-0.1, -0.05) is 0 Å². The summed E-state index contributed by atoms with van der Waals surface area (Å²) in [6, 6.07) is 0.906. The summed E-state index contributed by atoms with van der Waals surface area (Å²) in [4.78, 5) is 8.51. The summed E-state index contributed by atoms with van der Waals surface area (Å²) in [5.74, 6) is 0.186. The molecule has 3 rings (SSSR count). The molecule has 4 nitrogen and oxygen atoms in total. The first-order valence-electron chi connectivity index (χ1n) is 7.88. The Labute approximate surface area is 141 Å². The van der Waals surface area contributed by atoms with Gasteiger partial charge in [0.05, 0.1) is 11.3 Å². The van der Waals surface area contributed by atoms with Crippen LogP contribution in [0, 0.1) is 0 Å². The number of alkyl halides is 6. The summed E-state index contributed by atoms with van der Waals surface area (Å²) in [7, 11) is 0. The number of halogens is 6. The Bertz CT molecular complexity index is 642. The minimum absolute atomic E-state index is 0.109. The van der Waals surface area contributed by atoms with Crippen LogP contribution >= 0.6 is 0 Å². The third-order valence-electron chi connectivity index (χ3n) is 4.58. The van der Waals surface area contributed by atoms with E-state index in [9.17, 15) is 26.3 Å². The van der Waals surface area contributed by atoms with Gasteiger partial charge in [0, 0.05) is 31.9 Å². The normalized spacial score (nSPS) is 21.7. The highest BCUT2D eigenvalue weighted by atomic mass is 19.4. The Hall–Kier alpha value is -1.71. The van der Waals surface area contributed by atoms with Crippen molar-refractivity contribution in [1.29, 1.82) is 0 Å². The van der Waals surface area contributed by atoms with E-state index in [0.717, 1.165) is 11.0 Å². The van der Waals surface area contributed by atoms with Crippen molar-refractivity contribution in [2.75, 3.05) is 36.0 Å². The maximum absolute atomic E-state index is 13.0. The third kappa shape index (κ3) is 3.49. The molecule has 1 aromatic heterocycles. The Kier molecular flexibility index (Phi) is 4.29. The summed E-state index contributed by atoms with van der Waals surface area (Å²) < 4.78 is 78.0. The fourth-order valence-corrected chi connectivity index (χ4v) is 3.35. The van der Waals surface area contributed by atoms with E-state index in [1.807, 2.05) is 18.7 Å². The van der Waals surface area contributed by atoms with E-state index in [-0.39, 0.29) is 17.5 Å². The Balaban J connectivity index is 2.01. The first-order chi connectivity index (χ1) is 11.5. The number of fused-ring (bicyclic) bond motifs is 3. The van der Waals surface area contributed by atoms with Crippen LogP contribution in [0.25, 0.3) is 0 Å². The predicted molar refractivity (Wildman–Crippen MR) is 80.5 cm³/mol. The average Bonchev–Trinajstić information content (AvgIpc) is 2.78. The fraction of sp³-hybridized carbons (Fsp3) is 0.667. The van der Waals surface area contributed by atoms with Crippen molar-refractivity contribution in [1.82, 2.24) is 9.88 Å². The van der Waals surface area contributed by atoms with Crippen molar-refractivity contribution in [3.8, 4) is 0 Å². The number of aromatic nitrogens is 1. The summed E-state index contributed by atoms with van der Waals surface area (Å²) in [6.07, 6.45) is -9.17. The van der Waals surface area contributed by atoms with Crippen LogP contribution < -0.4 is 9.80 Å². The third-order valence-corrected chi connectivity index (χ3v) is 4.58. The van der Waals surface area contributed by atoms with Gasteiger partial charge in [-0.2, -0.15) is 26.3 Å². The monoisotopic (exact) mass is 368 g/mol. The maximum Gasteiger partial charge on any atom is 0.417 e. The van der Waals surface area contributed by atoms with E-state index < -0.39 is 30.6 Å². The van der Waals surface area contributed by atoms with Crippen LogP contribution in [0.4, 0.5) is 37.8 Å². The molecule has 0 radical (unpaired) electrons. The molecular weight excluding hydrogens is 350 g/mol. The van der Waals surface area contributed by atoms with Gasteiger partial charge >= 0.3 is 12.4 Å². The lowest BCUT2D eigenvalue weighted by Crippen LogP contribution is -2.60. The van der Waals surface area contributed by atoms with Gasteiger partial charge in [-0.15, -0.1) is 0 Å². The quantitative estimate of drug-likeness (QED) is 0.747. The molecule has 0 bridgehead atoms. The SMILES string of the molecule is CC(C)N1CCN2c3ncc(C(F)(F)F)cc3N(CC(F)(F)F)C2C1. The molecule has 1 saturated heterocycles. The van der Waals surface area contributed by atoms with Gasteiger partial charge in [0.25, 0.3) is 0 Å². The molecule has 1 aromatic rings. The van der Waals surface area contributed by atoms with Crippen molar-refractivity contribution in [3.63, 3.8) is 0 Å². The van der Waals surface area contributed by atoms with E-state index in [0.29, 0.717) is 25.8 Å². The number of hydrogen-bond acceptors (Lipinski definition) is 4. The molecule has 0 saturated carbocycles. The van der Waals surface area contributed by atoms with E-state index in [1.54, 1.807) is 4.90 Å². The van der Waals surface area contributed by atoms with Gasteiger partial charge in [-0.3, -0.25) is 4.90 Å². The second-order valence-electron chi connectivity index (χ2n) is 6.57. The Morgan fingerprint density at radius 1 is 1.16 bits per heavy atom. The zero-order valence-electron chi connectivity index (χ0n) is 13.7. The van der Waals surface area contributed by atoms with Crippen molar-refractivity contribution in [2.24, 2.45) is 0 Å². The predicted octanol–water partition coefficient (Wildman–Crippen LogP) is 3.34. The lowest BCUT2D eigenvalue weighted by Gasteiger charge is -2.43. The van der Waals surface area contributed by atoms with E-state index in [1.165, 1.54) is 0 Å². The lowest BCUT2D eigenvalue weighted by molar-refractivity contribution is -0.137. The molecule has 2 aliphatic rings. The summed E-state index contributed by atoms with van der Waals surface area (Å²) in [5.41, 5.74) is -1.15. The molecule has 0 aliphatic carbocycles. The van der Waals surface area contributed by atoms with Gasteiger partial charge in [0.15, 0.2) is 5.82 Å². The van der Waals surface area contributed by atoms with Crippen molar-refractivity contribution in [3.05, 3.63) is 17.8 Å². The molecule has 3 heterocycles. The van der Waals surface area contributed by atoms with Gasteiger partial charge < -0.3 is 9.80 Å². The molecule has 10 heteroatoms. The molecule has 0 aromatic carbocycles.